The zero-order valence-corrected chi connectivity index (χ0v) is 13.3. The van der Waals surface area contributed by atoms with Crippen molar-refractivity contribution in [3.8, 4) is 0 Å². The Morgan fingerprint density at radius 2 is 2.09 bits per heavy atom. The predicted octanol–water partition coefficient (Wildman–Crippen LogP) is 1.25. The quantitative estimate of drug-likeness (QED) is 0.772. The second-order valence-corrected chi connectivity index (χ2v) is 6.25. The van der Waals surface area contributed by atoms with Gasteiger partial charge in [-0.3, -0.25) is 0 Å². The zero-order chi connectivity index (χ0) is 16.0. The molecule has 0 saturated heterocycles. The summed E-state index contributed by atoms with van der Waals surface area (Å²) >= 11 is 0. The molecule has 4 rings (SSSR count). The molecule has 0 unspecified atom stereocenters. The van der Waals surface area contributed by atoms with Gasteiger partial charge in [0, 0.05) is 17.8 Å². The largest absolute Gasteiger partial charge is 0.339 e. The zero-order valence-electron chi connectivity index (χ0n) is 13.3. The molecule has 8 heteroatoms. The van der Waals surface area contributed by atoms with Gasteiger partial charge in [-0.15, -0.1) is 0 Å². The molecule has 3 aromatic rings. The van der Waals surface area contributed by atoms with Crippen LogP contribution in [0, 0.1) is 13.8 Å². The molecule has 8 nitrogen and oxygen atoms in total. The van der Waals surface area contributed by atoms with Crippen LogP contribution in [-0.4, -0.2) is 29.7 Å². The van der Waals surface area contributed by atoms with E-state index < -0.39 is 0 Å². The van der Waals surface area contributed by atoms with Crippen LogP contribution in [0.5, 0.6) is 0 Å². The van der Waals surface area contributed by atoms with Gasteiger partial charge in [-0.25, -0.2) is 9.50 Å². The molecular formula is C15H19N7O. The Balaban J connectivity index is 1.55. The number of nitrogens with zero attached hydrogens (tertiary/aromatic N) is 6. The number of rotatable bonds is 4. The number of aryl methyl sites for hydroxylation is 3. The van der Waals surface area contributed by atoms with Crippen molar-refractivity contribution in [1.82, 2.24) is 29.7 Å². The number of aromatic nitrogens is 6. The normalized spacial score (nSPS) is 16.7. The maximum atomic E-state index is 6.23. The Labute approximate surface area is 133 Å². The molecule has 0 bridgehead atoms. The summed E-state index contributed by atoms with van der Waals surface area (Å²) in [4.78, 5) is 13.1. The number of fused-ring (bicyclic) bond motifs is 1. The van der Waals surface area contributed by atoms with E-state index in [1.807, 2.05) is 13.8 Å². The van der Waals surface area contributed by atoms with Crippen molar-refractivity contribution in [2.75, 3.05) is 0 Å². The van der Waals surface area contributed by atoms with E-state index in [1.165, 1.54) is 6.33 Å². The highest BCUT2D eigenvalue weighted by molar-refractivity contribution is 5.36. The molecule has 1 saturated carbocycles. The minimum absolute atomic E-state index is 0.380. The topological polar surface area (TPSA) is 108 Å². The lowest BCUT2D eigenvalue weighted by Gasteiger charge is -2.34. The molecule has 0 aromatic carbocycles. The maximum absolute atomic E-state index is 6.23. The van der Waals surface area contributed by atoms with Crippen LogP contribution in [0.2, 0.25) is 0 Å². The molecule has 1 fully saturated rings. The van der Waals surface area contributed by atoms with E-state index in [0.29, 0.717) is 23.9 Å². The van der Waals surface area contributed by atoms with Crippen molar-refractivity contribution in [3.63, 3.8) is 0 Å². The van der Waals surface area contributed by atoms with Crippen LogP contribution >= 0.6 is 0 Å². The average Bonchev–Trinajstić information content (AvgIpc) is 3.13. The second kappa shape index (κ2) is 5.09. The highest BCUT2D eigenvalue weighted by atomic mass is 16.5. The molecule has 0 amide bonds. The highest BCUT2D eigenvalue weighted by Gasteiger charge is 2.38. The molecule has 1 aliphatic rings. The summed E-state index contributed by atoms with van der Waals surface area (Å²) in [5.41, 5.74) is 8.98. The Hall–Kier alpha value is -2.35. The Kier molecular flexibility index (Phi) is 3.15. The third kappa shape index (κ3) is 2.29. The molecule has 0 radical (unpaired) electrons. The lowest BCUT2D eigenvalue weighted by Crippen LogP contribution is -2.44. The molecule has 0 spiro atoms. The van der Waals surface area contributed by atoms with Gasteiger partial charge in [-0.05, 0) is 45.1 Å². The predicted molar refractivity (Wildman–Crippen MR) is 81.7 cm³/mol. The number of hydrogen-bond donors (Lipinski definition) is 1. The van der Waals surface area contributed by atoms with E-state index in [4.69, 9.17) is 10.3 Å². The van der Waals surface area contributed by atoms with Crippen LogP contribution in [0.25, 0.3) is 5.78 Å². The SMILES string of the molecule is Cc1nc2ncnn2c(C)c1CCc1nc(C2(N)CCC2)no1. The molecule has 3 heterocycles. The standard InChI is InChI=1S/C15H19N7O/c1-9-11(10(2)22-14(19-9)17-8-18-22)4-5-12-20-13(21-23-12)15(16)6-3-7-15/h8H,3-7,16H2,1-2H3. The fourth-order valence-corrected chi connectivity index (χ4v) is 3.09. The Morgan fingerprint density at radius 3 is 2.83 bits per heavy atom. The van der Waals surface area contributed by atoms with E-state index >= 15 is 0 Å². The molecule has 0 aliphatic heterocycles. The molecule has 120 valence electrons. The third-order valence-corrected chi connectivity index (χ3v) is 4.74. The van der Waals surface area contributed by atoms with Gasteiger partial charge in [-0.1, -0.05) is 5.16 Å². The first-order valence-electron chi connectivity index (χ1n) is 7.84. The van der Waals surface area contributed by atoms with Crippen molar-refractivity contribution in [2.24, 2.45) is 5.73 Å². The first-order chi connectivity index (χ1) is 11.1. The first kappa shape index (κ1) is 14.3. The molecule has 1 aliphatic carbocycles. The molecule has 2 N–H and O–H groups in total. The van der Waals surface area contributed by atoms with Gasteiger partial charge in [-0.2, -0.15) is 15.1 Å². The second-order valence-electron chi connectivity index (χ2n) is 6.25. The fraction of sp³-hybridized carbons (Fsp3) is 0.533. The molecule has 3 aromatic heterocycles. The van der Waals surface area contributed by atoms with Crippen molar-refractivity contribution in [3.05, 3.63) is 35.0 Å². The average molecular weight is 313 g/mol. The van der Waals surface area contributed by atoms with Gasteiger partial charge in [0.25, 0.3) is 5.78 Å². The summed E-state index contributed by atoms with van der Waals surface area (Å²) in [6.07, 6.45) is 5.92. The lowest BCUT2D eigenvalue weighted by atomic mass is 9.77. The van der Waals surface area contributed by atoms with Crippen molar-refractivity contribution in [1.29, 1.82) is 0 Å². The minimum atomic E-state index is -0.380. The summed E-state index contributed by atoms with van der Waals surface area (Å²) in [5, 5.41) is 8.26. The van der Waals surface area contributed by atoms with E-state index in [1.54, 1.807) is 4.52 Å². The van der Waals surface area contributed by atoms with Gasteiger partial charge in [0.2, 0.25) is 5.89 Å². The van der Waals surface area contributed by atoms with E-state index in [2.05, 4.69) is 25.2 Å². The van der Waals surface area contributed by atoms with E-state index in [9.17, 15) is 0 Å². The fourth-order valence-electron chi connectivity index (χ4n) is 3.09. The summed E-state index contributed by atoms with van der Waals surface area (Å²) in [5.74, 6) is 1.88. The van der Waals surface area contributed by atoms with E-state index in [-0.39, 0.29) is 5.54 Å². The minimum Gasteiger partial charge on any atom is -0.339 e. The van der Waals surface area contributed by atoms with Crippen molar-refractivity contribution in [2.45, 2.75) is 51.5 Å². The third-order valence-electron chi connectivity index (χ3n) is 4.74. The summed E-state index contributed by atoms with van der Waals surface area (Å²) in [6.45, 7) is 4.01. The van der Waals surface area contributed by atoms with Crippen LogP contribution < -0.4 is 5.73 Å². The number of nitrogens with two attached hydrogens (primary N) is 1. The van der Waals surface area contributed by atoms with Crippen LogP contribution in [0.3, 0.4) is 0 Å². The monoisotopic (exact) mass is 313 g/mol. The van der Waals surface area contributed by atoms with Crippen molar-refractivity contribution >= 4 is 5.78 Å². The first-order valence-corrected chi connectivity index (χ1v) is 7.84. The van der Waals surface area contributed by atoms with Crippen molar-refractivity contribution < 1.29 is 4.52 Å². The Bertz CT molecular complexity index is 862. The summed E-state index contributed by atoms with van der Waals surface area (Å²) < 4.78 is 7.12. The molecule has 0 atom stereocenters. The summed E-state index contributed by atoms with van der Waals surface area (Å²) in [7, 11) is 0. The van der Waals surface area contributed by atoms with Gasteiger partial charge >= 0.3 is 0 Å². The smallest absolute Gasteiger partial charge is 0.252 e. The van der Waals surface area contributed by atoms with Crippen LogP contribution in [0.1, 0.15) is 47.9 Å². The molecular weight excluding hydrogens is 294 g/mol. The van der Waals surface area contributed by atoms with Gasteiger partial charge in [0.15, 0.2) is 5.82 Å². The highest BCUT2D eigenvalue weighted by Crippen LogP contribution is 2.36. The maximum Gasteiger partial charge on any atom is 0.252 e. The molecule has 23 heavy (non-hydrogen) atoms. The van der Waals surface area contributed by atoms with Crippen LogP contribution in [-0.2, 0) is 18.4 Å². The van der Waals surface area contributed by atoms with Gasteiger partial charge in [0.05, 0.1) is 5.54 Å². The van der Waals surface area contributed by atoms with Gasteiger partial charge in [0.1, 0.15) is 6.33 Å². The van der Waals surface area contributed by atoms with E-state index in [0.717, 1.165) is 42.6 Å². The Morgan fingerprint density at radius 1 is 1.26 bits per heavy atom. The lowest BCUT2D eigenvalue weighted by molar-refractivity contribution is 0.229. The van der Waals surface area contributed by atoms with Crippen LogP contribution in [0.15, 0.2) is 10.9 Å². The van der Waals surface area contributed by atoms with Crippen LogP contribution in [0.4, 0.5) is 0 Å². The van der Waals surface area contributed by atoms with Gasteiger partial charge < -0.3 is 10.3 Å². The number of hydrogen-bond acceptors (Lipinski definition) is 7. The summed E-state index contributed by atoms with van der Waals surface area (Å²) in [6, 6.07) is 0.